The molecule has 1 amide bonds. The number of amides is 1. The van der Waals surface area contributed by atoms with E-state index in [9.17, 15) is 14.7 Å². The maximum atomic E-state index is 11.3. The second-order valence-corrected chi connectivity index (χ2v) is 4.50. The van der Waals surface area contributed by atoms with Gasteiger partial charge in [0.1, 0.15) is 11.4 Å². The molecule has 6 heteroatoms. The van der Waals surface area contributed by atoms with Crippen molar-refractivity contribution in [1.29, 1.82) is 0 Å². The van der Waals surface area contributed by atoms with Gasteiger partial charge in [-0.05, 0) is 18.9 Å². The highest BCUT2D eigenvalue weighted by Gasteiger charge is 2.21. The first-order valence-corrected chi connectivity index (χ1v) is 6.40. The Morgan fingerprint density at radius 2 is 2.11 bits per heavy atom. The Morgan fingerprint density at radius 3 is 2.68 bits per heavy atom. The number of carbonyl (C=O) groups is 2. The van der Waals surface area contributed by atoms with Gasteiger partial charge in [0.25, 0.3) is 0 Å². The summed E-state index contributed by atoms with van der Waals surface area (Å²) in [6, 6.07) is 1.47. The zero-order chi connectivity index (χ0) is 13.8. The highest BCUT2D eigenvalue weighted by atomic mass is 16.4. The number of carboxylic acids is 1. The summed E-state index contributed by atoms with van der Waals surface area (Å²) in [7, 11) is 0. The SMILES string of the molecule is CCC(=O)Nc1cnc(N2CCCC2)c(C(=O)O)c1. The van der Waals surface area contributed by atoms with Gasteiger partial charge in [0, 0.05) is 19.5 Å². The smallest absolute Gasteiger partial charge is 0.339 e. The van der Waals surface area contributed by atoms with Crippen molar-refractivity contribution in [3.63, 3.8) is 0 Å². The van der Waals surface area contributed by atoms with E-state index in [0.717, 1.165) is 25.9 Å². The van der Waals surface area contributed by atoms with E-state index in [1.165, 1.54) is 12.3 Å². The predicted octanol–water partition coefficient (Wildman–Crippen LogP) is 1.73. The molecule has 1 aromatic rings. The van der Waals surface area contributed by atoms with Crippen molar-refractivity contribution in [2.75, 3.05) is 23.3 Å². The first kappa shape index (κ1) is 13.3. The molecular weight excluding hydrogens is 246 g/mol. The molecule has 1 saturated heterocycles. The monoisotopic (exact) mass is 263 g/mol. The lowest BCUT2D eigenvalue weighted by atomic mass is 10.2. The lowest BCUT2D eigenvalue weighted by Gasteiger charge is -2.19. The standard InChI is InChI=1S/C13H17N3O3/c1-2-11(17)15-9-7-10(13(18)19)12(14-8-9)16-5-3-4-6-16/h7-8H,2-6H2,1H3,(H,15,17)(H,18,19). The third kappa shape index (κ3) is 3.01. The van der Waals surface area contributed by atoms with Crippen molar-refractivity contribution in [2.45, 2.75) is 26.2 Å². The van der Waals surface area contributed by atoms with Gasteiger partial charge < -0.3 is 15.3 Å². The number of hydrogen-bond donors (Lipinski definition) is 2. The molecule has 1 aromatic heterocycles. The molecule has 2 N–H and O–H groups in total. The molecule has 102 valence electrons. The Bertz CT molecular complexity index is 496. The fourth-order valence-electron chi connectivity index (χ4n) is 2.11. The fourth-order valence-corrected chi connectivity index (χ4v) is 2.11. The summed E-state index contributed by atoms with van der Waals surface area (Å²) in [5.74, 6) is -0.700. The summed E-state index contributed by atoms with van der Waals surface area (Å²) in [4.78, 5) is 28.8. The van der Waals surface area contributed by atoms with Crippen molar-refractivity contribution < 1.29 is 14.7 Å². The number of anilines is 2. The maximum Gasteiger partial charge on any atom is 0.339 e. The van der Waals surface area contributed by atoms with E-state index >= 15 is 0 Å². The topological polar surface area (TPSA) is 82.5 Å². The minimum atomic E-state index is -1.03. The van der Waals surface area contributed by atoms with E-state index < -0.39 is 5.97 Å². The van der Waals surface area contributed by atoms with Crippen LogP contribution in [-0.4, -0.2) is 35.1 Å². The number of rotatable bonds is 4. The van der Waals surface area contributed by atoms with Gasteiger partial charge in [0.05, 0.1) is 11.9 Å². The number of carbonyl (C=O) groups excluding carboxylic acids is 1. The van der Waals surface area contributed by atoms with Crippen molar-refractivity contribution >= 4 is 23.4 Å². The summed E-state index contributed by atoms with van der Waals surface area (Å²) in [6.45, 7) is 3.39. The molecule has 1 fully saturated rings. The van der Waals surface area contributed by atoms with Gasteiger partial charge in [0.15, 0.2) is 0 Å². The van der Waals surface area contributed by atoms with Crippen LogP contribution in [-0.2, 0) is 4.79 Å². The highest BCUT2D eigenvalue weighted by Crippen LogP contribution is 2.24. The van der Waals surface area contributed by atoms with Gasteiger partial charge in [-0.25, -0.2) is 9.78 Å². The first-order valence-electron chi connectivity index (χ1n) is 6.40. The summed E-state index contributed by atoms with van der Waals surface area (Å²) in [6.07, 6.45) is 3.95. The fraction of sp³-hybridized carbons (Fsp3) is 0.462. The largest absolute Gasteiger partial charge is 0.478 e. The second-order valence-electron chi connectivity index (χ2n) is 4.50. The van der Waals surface area contributed by atoms with Crippen molar-refractivity contribution in [2.24, 2.45) is 0 Å². The van der Waals surface area contributed by atoms with Crippen LogP contribution in [0, 0.1) is 0 Å². The summed E-state index contributed by atoms with van der Waals surface area (Å²) in [5.41, 5.74) is 0.558. The molecule has 19 heavy (non-hydrogen) atoms. The van der Waals surface area contributed by atoms with Gasteiger partial charge in [-0.15, -0.1) is 0 Å². The number of hydrogen-bond acceptors (Lipinski definition) is 4. The van der Waals surface area contributed by atoms with Crippen LogP contribution < -0.4 is 10.2 Å². The van der Waals surface area contributed by atoms with Crippen LogP contribution in [0.5, 0.6) is 0 Å². The Balaban J connectivity index is 2.29. The lowest BCUT2D eigenvalue weighted by Crippen LogP contribution is -2.22. The Morgan fingerprint density at radius 1 is 1.42 bits per heavy atom. The molecule has 0 unspecified atom stereocenters. The number of aromatic nitrogens is 1. The summed E-state index contributed by atoms with van der Waals surface area (Å²) < 4.78 is 0. The van der Waals surface area contributed by atoms with Gasteiger partial charge in [-0.2, -0.15) is 0 Å². The van der Waals surface area contributed by atoms with Crippen LogP contribution in [0.3, 0.4) is 0 Å². The number of nitrogens with zero attached hydrogens (tertiary/aromatic N) is 2. The van der Waals surface area contributed by atoms with Gasteiger partial charge >= 0.3 is 5.97 Å². The van der Waals surface area contributed by atoms with Crippen molar-refractivity contribution in [3.8, 4) is 0 Å². The van der Waals surface area contributed by atoms with Crippen molar-refractivity contribution in [1.82, 2.24) is 4.98 Å². The number of pyridine rings is 1. The number of nitrogens with one attached hydrogen (secondary N) is 1. The molecule has 0 saturated carbocycles. The highest BCUT2D eigenvalue weighted by molar-refractivity contribution is 5.96. The third-order valence-corrected chi connectivity index (χ3v) is 3.11. The normalized spacial score (nSPS) is 14.5. The minimum absolute atomic E-state index is 0.135. The maximum absolute atomic E-state index is 11.3. The molecule has 2 rings (SSSR count). The number of aromatic carboxylic acids is 1. The molecule has 0 spiro atoms. The van der Waals surface area contributed by atoms with E-state index in [-0.39, 0.29) is 11.5 Å². The number of carboxylic acid groups (broad SMARTS) is 1. The van der Waals surface area contributed by atoms with Crippen LogP contribution in [0.1, 0.15) is 36.5 Å². The molecule has 0 aromatic carbocycles. The summed E-state index contributed by atoms with van der Waals surface area (Å²) in [5, 5.41) is 11.9. The minimum Gasteiger partial charge on any atom is -0.478 e. The molecule has 1 aliphatic rings. The molecule has 0 bridgehead atoms. The second kappa shape index (κ2) is 5.69. The van der Waals surface area contributed by atoms with Gasteiger partial charge in [-0.1, -0.05) is 6.92 Å². The lowest BCUT2D eigenvalue weighted by molar-refractivity contribution is -0.115. The Kier molecular flexibility index (Phi) is 3.99. The van der Waals surface area contributed by atoms with Crippen LogP contribution in [0.2, 0.25) is 0 Å². The van der Waals surface area contributed by atoms with Crippen molar-refractivity contribution in [3.05, 3.63) is 17.8 Å². The molecule has 2 heterocycles. The first-order chi connectivity index (χ1) is 9.11. The van der Waals surface area contributed by atoms with E-state index in [0.29, 0.717) is 17.9 Å². The average molecular weight is 263 g/mol. The van der Waals surface area contributed by atoms with Crippen LogP contribution in [0.15, 0.2) is 12.3 Å². The zero-order valence-corrected chi connectivity index (χ0v) is 10.8. The Hall–Kier alpha value is -2.11. The average Bonchev–Trinajstić information content (AvgIpc) is 2.92. The quantitative estimate of drug-likeness (QED) is 0.864. The van der Waals surface area contributed by atoms with E-state index in [1.807, 2.05) is 4.90 Å². The molecular formula is C13H17N3O3. The van der Waals surface area contributed by atoms with E-state index in [1.54, 1.807) is 6.92 Å². The van der Waals surface area contributed by atoms with E-state index in [4.69, 9.17) is 0 Å². The van der Waals surface area contributed by atoms with E-state index in [2.05, 4.69) is 10.3 Å². The predicted molar refractivity (Wildman–Crippen MR) is 71.6 cm³/mol. The van der Waals surface area contributed by atoms with Crippen LogP contribution in [0.25, 0.3) is 0 Å². The molecule has 0 atom stereocenters. The molecule has 6 nitrogen and oxygen atoms in total. The third-order valence-electron chi connectivity index (χ3n) is 3.11. The Labute approximate surface area is 111 Å². The van der Waals surface area contributed by atoms with Gasteiger partial charge in [0.2, 0.25) is 5.91 Å². The van der Waals surface area contributed by atoms with Gasteiger partial charge in [-0.3, -0.25) is 4.79 Å². The molecule has 0 aliphatic carbocycles. The molecule has 0 radical (unpaired) electrons. The molecule has 1 aliphatic heterocycles. The zero-order valence-electron chi connectivity index (χ0n) is 10.8. The van der Waals surface area contributed by atoms with Crippen LogP contribution in [0.4, 0.5) is 11.5 Å². The summed E-state index contributed by atoms with van der Waals surface area (Å²) >= 11 is 0. The van der Waals surface area contributed by atoms with Crippen LogP contribution >= 0.6 is 0 Å².